The molecule has 1 aliphatic rings. The van der Waals surface area contributed by atoms with E-state index in [2.05, 4.69) is 29.2 Å². The molecule has 1 saturated heterocycles. The van der Waals surface area contributed by atoms with E-state index in [0.29, 0.717) is 19.1 Å². The fraction of sp³-hybridized carbons (Fsp3) is 0.435. The largest absolute Gasteiger partial charge is 0.490 e. The Morgan fingerprint density at radius 3 is 2.54 bits per heavy atom. The van der Waals surface area contributed by atoms with Crippen LogP contribution in [-0.4, -0.2) is 47.3 Å². The van der Waals surface area contributed by atoms with Gasteiger partial charge in [0.25, 0.3) is 0 Å². The highest BCUT2D eigenvalue weighted by molar-refractivity contribution is 7.18. The molecule has 4 rings (SSSR count). The first-order chi connectivity index (χ1) is 13.6. The molecular weight excluding hydrogens is 368 g/mol. The Morgan fingerprint density at radius 2 is 1.82 bits per heavy atom. The number of aliphatic hydroxyl groups is 1. The third-order valence-electron chi connectivity index (χ3n) is 5.55. The molecule has 5 heteroatoms. The number of aryl methyl sites for hydroxylation is 2. The Bertz CT molecular complexity index is 878. The summed E-state index contributed by atoms with van der Waals surface area (Å²) < 4.78 is 7.19. The van der Waals surface area contributed by atoms with Gasteiger partial charge >= 0.3 is 0 Å². The average molecular weight is 397 g/mol. The molecule has 0 amide bonds. The van der Waals surface area contributed by atoms with E-state index in [-0.39, 0.29) is 0 Å². The predicted molar refractivity (Wildman–Crippen MR) is 115 cm³/mol. The van der Waals surface area contributed by atoms with Gasteiger partial charge in [-0.2, -0.15) is 0 Å². The zero-order valence-corrected chi connectivity index (χ0v) is 17.4. The monoisotopic (exact) mass is 396 g/mol. The third-order valence-corrected chi connectivity index (χ3v) is 6.74. The maximum atomic E-state index is 10.4. The molecule has 0 aliphatic carbocycles. The summed E-state index contributed by atoms with van der Waals surface area (Å²) in [4.78, 5) is 7.18. The first kappa shape index (κ1) is 19.4. The van der Waals surface area contributed by atoms with E-state index >= 15 is 0 Å². The normalized spacial score (nSPS) is 17.1. The highest BCUT2D eigenvalue weighted by Gasteiger charge is 2.24. The third kappa shape index (κ3) is 4.37. The van der Waals surface area contributed by atoms with Crippen molar-refractivity contribution in [3.05, 3.63) is 58.6 Å². The van der Waals surface area contributed by atoms with Crippen LogP contribution >= 0.6 is 11.3 Å². The van der Waals surface area contributed by atoms with E-state index in [4.69, 9.17) is 9.72 Å². The number of aromatic nitrogens is 1. The fourth-order valence-corrected chi connectivity index (χ4v) is 5.12. The summed E-state index contributed by atoms with van der Waals surface area (Å²) in [5.74, 6) is 1.44. The lowest BCUT2D eigenvalue weighted by Crippen LogP contribution is -2.40. The molecule has 0 bridgehead atoms. The number of para-hydroxylation sites is 2. The molecule has 0 saturated carbocycles. The molecule has 3 aromatic rings. The first-order valence-corrected chi connectivity index (χ1v) is 10.9. The standard InChI is InChI=1S/C23H28N2O2S/c1-16-6-5-7-17(2)22(16)27-15-19(26)14-25-12-10-18(11-13-25)23-24-20-8-3-4-9-21(20)28-23/h3-9,18-19,26H,10-15H2,1-2H3. The quantitative estimate of drug-likeness (QED) is 0.665. The number of benzene rings is 2. The number of rotatable bonds is 6. The number of fused-ring (bicyclic) bond motifs is 1. The second-order valence-electron chi connectivity index (χ2n) is 7.78. The summed E-state index contributed by atoms with van der Waals surface area (Å²) in [5, 5.41) is 11.7. The number of hydrogen-bond donors (Lipinski definition) is 1. The van der Waals surface area contributed by atoms with Crippen LogP contribution in [-0.2, 0) is 0 Å². The van der Waals surface area contributed by atoms with Gasteiger partial charge in [0.2, 0.25) is 0 Å². The second-order valence-corrected chi connectivity index (χ2v) is 8.84. The minimum Gasteiger partial charge on any atom is -0.490 e. The minimum absolute atomic E-state index is 0.337. The number of thiazole rings is 1. The number of aliphatic hydroxyl groups excluding tert-OH is 1. The molecular formula is C23H28N2O2S. The van der Waals surface area contributed by atoms with Crippen LogP contribution < -0.4 is 4.74 Å². The molecule has 0 radical (unpaired) electrons. The van der Waals surface area contributed by atoms with E-state index in [9.17, 15) is 5.11 Å². The zero-order chi connectivity index (χ0) is 19.5. The smallest absolute Gasteiger partial charge is 0.125 e. The second kappa shape index (κ2) is 8.60. The van der Waals surface area contributed by atoms with Crippen LogP contribution in [0.25, 0.3) is 10.2 Å². The van der Waals surface area contributed by atoms with Crippen LogP contribution in [0.4, 0.5) is 0 Å². The van der Waals surface area contributed by atoms with E-state index < -0.39 is 6.10 Å². The van der Waals surface area contributed by atoms with Crippen LogP contribution in [0.15, 0.2) is 42.5 Å². The van der Waals surface area contributed by atoms with E-state index in [1.807, 2.05) is 43.4 Å². The van der Waals surface area contributed by atoms with Crippen molar-refractivity contribution >= 4 is 21.6 Å². The lowest BCUT2D eigenvalue weighted by Gasteiger charge is -2.32. The van der Waals surface area contributed by atoms with Crippen molar-refractivity contribution in [3.63, 3.8) is 0 Å². The molecule has 1 N–H and O–H groups in total. The Hall–Kier alpha value is -1.95. The molecule has 1 unspecified atom stereocenters. The van der Waals surface area contributed by atoms with E-state index in [1.54, 1.807) is 0 Å². The summed E-state index contributed by atoms with van der Waals surface area (Å²) in [6, 6.07) is 14.5. The molecule has 28 heavy (non-hydrogen) atoms. The molecule has 2 heterocycles. The topological polar surface area (TPSA) is 45.6 Å². The van der Waals surface area contributed by atoms with Crippen molar-refractivity contribution in [2.75, 3.05) is 26.2 Å². The lowest BCUT2D eigenvalue weighted by molar-refractivity contribution is 0.0590. The molecule has 1 fully saturated rings. The molecule has 4 nitrogen and oxygen atoms in total. The van der Waals surface area contributed by atoms with Gasteiger partial charge in [0.1, 0.15) is 18.5 Å². The summed E-state index contributed by atoms with van der Waals surface area (Å²) in [5.41, 5.74) is 3.34. The van der Waals surface area contributed by atoms with Gasteiger partial charge in [-0.3, -0.25) is 0 Å². The summed E-state index contributed by atoms with van der Waals surface area (Å²) in [7, 11) is 0. The Kier molecular flexibility index (Phi) is 5.95. The molecule has 148 valence electrons. The molecule has 2 aromatic carbocycles. The first-order valence-electron chi connectivity index (χ1n) is 10.0. The fourth-order valence-electron chi connectivity index (χ4n) is 3.98. The number of ether oxygens (including phenoxy) is 1. The van der Waals surface area contributed by atoms with Crippen molar-refractivity contribution in [3.8, 4) is 5.75 Å². The van der Waals surface area contributed by atoms with Crippen molar-refractivity contribution < 1.29 is 9.84 Å². The van der Waals surface area contributed by atoms with Crippen molar-refractivity contribution in [2.45, 2.75) is 38.7 Å². The SMILES string of the molecule is Cc1cccc(C)c1OCC(O)CN1CCC(c2nc3ccccc3s2)CC1. The number of likely N-dealkylation sites (tertiary alicyclic amines) is 1. The van der Waals surface area contributed by atoms with Crippen LogP contribution in [0.1, 0.15) is 34.9 Å². The van der Waals surface area contributed by atoms with Gasteiger partial charge in [-0.05, 0) is 63.0 Å². The Balaban J connectivity index is 1.27. The molecule has 1 atom stereocenters. The zero-order valence-electron chi connectivity index (χ0n) is 16.6. The van der Waals surface area contributed by atoms with E-state index in [0.717, 1.165) is 48.3 Å². The summed E-state index contributed by atoms with van der Waals surface area (Å²) >= 11 is 1.83. The van der Waals surface area contributed by atoms with Gasteiger partial charge in [-0.25, -0.2) is 4.98 Å². The van der Waals surface area contributed by atoms with Gasteiger partial charge in [0, 0.05) is 12.5 Å². The van der Waals surface area contributed by atoms with Crippen LogP contribution in [0.3, 0.4) is 0 Å². The van der Waals surface area contributed by atoms with Crippen LogP contribution in [0.2, 0.25) is 0 Å². The number of hydrogen-bond acceptors (Lipinski definition) is 5. The highest BCUT2D eigenvalue weighted by atomic mass is 32.1. The summed E-state index contributed by atoms with van der Waals surface area (Å²) in [6.45, 7) is 7.09. The van der Waals surface area contributed by atoms with Gasteiger partial charge in [-0.15, -0.1) is 11.3 Å². The maximum Gasteiger partial charge on any atom is 0.125 e. The summed E-state index contributed by atoms with van der Waals surface area (Å²) in [6.07, 6.45) is 1.73. The Morgan fingerprint density at radius 1 is 1.11 bits per heavy atom. The van der Waals surface area contributed by atoms with Gasteiger partial charge in [0.15, 0.2) is 0 Å². The van der Waals surface area contributed by atoms with Crippen LogP contribution in [0.5, 0.6) is 5.75 Å². The highest BCUT2D eigenvalue weighted by Crippen LogP contribution is 2.33. The average Bonchev–Trinajstić information content (AvgIpc) is 3.12. The minimum atomic E-state index is -0.474. The van der Waals surface area contributed by atoms with Crippen molar-refractivity contribution in [1.82, 2.24) is 9.88 Å². The van der Waals surface area contributed by atoms with Gasteiger partial charge < -0.3 is 14.7 Å². The maximum absolute atomic E-state index is 10.4. The predicted octanol–water partition coefficient (Wildman–Crippen LogP) is 4.53. The molecule has 1 aromatic heterocycles. The van der Waals surface area contributed by atoms with E-state index in [1.165, 1.54) is 9.71 Å². The number of piperidine rings is 1. The molecule has 1 aliphatic heterocycles. The van der Waals surface area contributed by atoms with Gasteiger partial charge in [0.05, 0.1) is 15.2 Å². The van der Waals surface area contributed by atoms with Crippen molar-refractivity contribution in [1.29, 1.82) is 0 Å². The Labute approximate surface area is 170 Å². The van der Waals surface area contributed by atoms with Crippen LogP contribution in [0, 0.1) is 13.8 Å². The van der Waals surface area contributed by atoms with Crippen molar-refractivity contribution in [2.24, 2.45) is 0 Å². The number of nitrogens with zero attached hydrogens (tertiary/aromatic N) is 2. The lowest BCUT2D eigenvalue weighted by atomic mass is 9.97. The number of β-amino-alcohol motifs (C(OH)–C–C–N with tert-alkyl or cyclic N) is 1. The molecule has 0 spiro atoms. The van der Waals surface area contributed by atoms with Gasteiger partial charge in [-0.1, -0.05) is 30.3 Å².